The maximum atomic E-state index is 15.3. The van der Waals surface area contributed by atoms with Crippen molar-refractivity contribution in [2.45, 2.75) is 46.2 Å². The van der Waals surface area contributed by atoms with Crippen LogP contribution in [0.3, 0.4) is 0 Å². The van der Waals surface area contributed by atoms with Gasteiger partial charge in [-0.05, 0) is 71.6 Å². The van der Waals surface area contributed by atoms with Crippen molar-refractivity contribution >= 4 is 17.8 Å². The number of piperidine rings is 1. The molecule has 2 unspecified atom stereocenters. The maximum Gasteiger partial charge on any atom is 0.305 e. The van der Waals surface area contributed by atoms with Crippen molar-refractivity contribution in [2.24, 2.45) is 24.3 Å². The van der Waals surface area contributed by atoms with Gasteiger partial charge in [-0.15, -0.1) is 0 Å². The van der Waals surface area contributed by atoms with E-state index in [1.54, 1.807) is 0 Å². The average molecular weight is 578 g/mol. The van der Waals surface area contributed by atoms with Crippen LogP contribution in [0.15, 0.2) is 53.5 Å². The Bertz CT molecular complexity index is 1660. The number of aryl methyl sites for hydroxylation is 3. The Morgan fingerprint density at radius 3 is 2.38 bits per heavy atom. The largest absolute Gasteiger partial charge is 0.481 e. The highest BCUT2D eigenvalue weighted by atomic mass is 19.2. The summed E-state index contributed by atoms with van der Waals surface area (Å²) in [7, 11) is 1.52. The van der Waals surface area contributed by atoms with Gasteiger partial charge in [0.05, 0.1) is 18.0 Å². The average Bonchev–Trinajstić information content (AvgIpc) is 3.23. The van der Waals surface area contributed by atoms with Crippen molar-refractivity contribution in [3.63, 3.8) is 0 Å². The molecule has 1 aliphatic carbocycles. The fourth-order valence-electron chi connectivity index (χ4n) is 6.63. The molecule has 5 rings (SSSR count). The molecular formula is C32H33F2N3O5. The lowest BCUT2D eigenvalue weighted by molar-refractivity contribution is -0.138. The molecule has 2 fully saturated rings. The van der Waals surface area contributed by atoms with E-state index in [4.69, 9.17) is 0 Å². The zero-order chi connectivity index (χ0) is 30.7. The highest BCUT2D eigenvalue weighted by Crippen LogP contribution is 2.65. The third-order valence-electron chi connectivity index (χ3n) is 8.97. The lowest BCUT2D eigenvalue weighted by Gasteiger charge is -2.31. The number of aromatic nitrogens is 1. The van der Waals surface area contributed by atoms with E-state index in [9.17, 15) is 28.7 Å². The number of benzene rings is 2. The molecule has 0 radical (unpaired) electrons. The molecule has 4 atom stereocenters. The van der Waals surface area contributed by atoms with Crippen LogP contribution >= 0.6 is 0 Å². The Labute approximate surface area is 242 Å². The summed E-state index contributed by atoms with van der Waals surface area (Å²) < 4.78 is 31.6. The zero-order valence-electron chi connectivity index (χ0n) is 24.1. The van der Waals surface area contributed by atoms with Crippen LogP contribution in [-0.4, -0.2) is 44.9 Å². The van der Waals surface area contributed by atoms with E-state index in [0.29, 0.717) is 17.7 Å². The number of hydrogen-bond acceptors (Lipinski definition) is 4. The molecule has 10 heteroatoms. The summed E-state index contributed by atoms with van der Waals surface area (Å²) >= 11 is 0. The summed E-state index contributed by atoms with van der Waals surface area (Å²) in [6.07, 6.45) is 0.705. The number of aliphatic carboxylic acids is 1. The van der Waals surface area contributed by atoms with E-state index < -0.39 is 47.9 Å². The fraction of sp³-hybridized carbons (Fsp3) is 0.375. The Hall–Kier alpha value is -4.34. The molecule has 1 aromatic heterocycles. The van der Waals surface area contributed by atoms with Crippen LogP contribution in [0.4, 0.5) is 8.78 Å². The SMILES string of the molecule is Cc1cccc(C)c1-c1cc(F)c(F)c([C@H](CC(=O)O)NC(=O)[C@@H]2C3C(CN2C(=O)c2ccc(=O)n(C)c2)C3(C)C)c1. The van der Waals surface area contributed by atoms with Gasteiger partial charge in [-0.25, -0.2) is 8.78 Å². The second kappa shape index (κ2) is 10.5. The van der Waals surface area contributed by atoms with Crippen LogP contribution in [0.2, 0.25) is 0 Å². The molecule has 2 N–H and O–H groups in total. The van der Waals surface area contributed by atoms with Gasteiger partial charge >= 0.3 is 5.97 Å². The first kappa shape index (κ1) is 29.2. The minimum Gasteiger partial charge on any atom is -0.481 e. The number of amides is 2. The number of rotatable bonds is 7. The van der Waals surface area contributed by atoms with Crippen LogP contribution < -0.4 is 10.9 Å². The minimum absolute atomic E-state index is 0.0317. The van der Waals surface area contributed by atoms with Crippen molar-refractivity contribution in [1.82, 2.24) is 14.8 Å². The first-order valence-electron chi connectivity index (χ1n) is 13.8. The molecule has 2 heterocycles. The topological polar surface area (TPSA) is 109 Å². The summed E-state index contributed by atoms with van der Waals surface area (Å²) in [4.78, 5) is 52.6. The Morgan fingerprint density at radius 2 is 1.76 bits per heavy atom. The van der Waals surface area contributed by atoms with Gasteiger partial charge in [0.2, 0.25) is 11.5 Å². The first-order valence-corrected chi connectivity index (χ1v) is 13.8. The van der Waals surface area contributed by atoms with Crippen molar-refractivity contribution in [2.75, 3.05) is 6.54 Å². The minimum atomic E-state index is -1.40. The predicted octanol–water partition coefficient (Wildman–Crippen LogP) is 4.38. The normalized spacial score (nSPS) is 21.0. The summed E-state index contributed by atoms with van der Waals surface area (Å²) in [5, 5.41) is 12.3. The molecule has 3 aromatic rings. The molecule has 220 valence electrons. The van der Waals surface area contributed by atoms with E-state index in [1.807, 2.05) is 45.9 Å². The Kier molecular flexibility index (Phi) is 7.28. The first-order chi connectivity index (χ1) is 19.7. The molecule has 42 heavy (non-hydrogen) atoms. The predicted molar refractivity (Wildman–Crippen MR) is 152 cm³/mol. The third-order valence-corrected chi connectivity index (χ3v) is 8.97. The van der Waals surface area contributed by atoms with E-state index in [-0.39, 0.29) is 33.9 Å². The second-order valence-electron chi connectivity index (χ2n) is 12.0. The number of carbonyl (C=O) groups is 3. The number of nitrogens with one attached hydrogen (secondary N) is 1. The van der Waals surface area contributed by atoms with Gasteiger partial charge in [-0.2, -0.15) is 0 Å². The van der Waals surface area contributed by atoms with E-state index in [0.717, 1.165) is 17.2 Å². The van der Waals surface area contributed by atoms with Crippen molar-refractivity contribution in [3.8, 4) is 11.1 Å². The molecule has 2 aliphatic rings. The van der Waals surface area contributed by atoms with E-state index >= 15 is 4.39 Å². The standard InChI is InChI=1S/C32H33F2N3O5/c1-16-7-6-8-17(2)26(16)19-11-20(28(34)22(33)12-19)23(13-25(39)40)35-30(41)29-27-21(32(27,3)4)15-37(29)31(42)18-9-10-24(38)36(5)14-18/h6-12,14,21,23,27,29H,13,15H2,1-5H3,(H,35,41)(H,39,40)/t21?,23-,27?,29-/m0/s1. The van der Waals surface area contributed by atoms with E-state index in [1.165, 1.54) is 40.9 Å². The van der Waals surface area contributed by atoms with Gasteiger partial charge in [-0.3, -0.25) is 19.2 Å². The van der Waals surface area contributed by atoms with Gasteiger partial charge in [0.1, 0.15) is 6.04 Å². The number of pyridine rings is 1. The van der Waals surface area contributed by atoms with Gasteiger partial charge in [0.15, 0.2) is 11.6 Å². The van der Waals surface area contributed by atoms with Crippen LogP contribution in [-0.2, 0) is 16.6 Å². The van der Waals surface area contributed by atoms with Crippen molar-refractivity contribution < 1.29 is 28.3 Å². The van der Waals surface area contributed by atoms with Crippen LogP contribution in [0, 0.1) is 42.7 Å². The smallest absolute Gasteiger partial charge is 0.305 e. The van der Waals surface area contributed by atoms with Crippen LogP contribution in [0.1, 0.15) is 53.4 Å². The molecule has 0 bridgehead atoms. The lowest BCUT2D eigenvalue weighted by atomic mass is 9.91. The highest BCUT2D eigenvalue weighted by Gasteiger charge is 2.69. The zero-order valence-corrected chi connectivity index (χ0v) is 24.1. The molecule has 1 aliphatic heterocycles. The summed E-state index contributed by atoms with van der Waals surface area (Å²) in [5.41, 5.74) is 2.10. The maximum absolute atomic E-state index is 15.3. The number of halogens is 2. The summed E-state index contributed by atoms with van der Waals surface area (Å²) in [6.45, 7) is 7.96. The molecule has 2 aromatic carbocycles. The summed E-state index contributed by atoms with van der Waals surface area (Å²) in [6, 6.07) is 8.28. The molecule has 8 nitrogen and oxygen atoms in total. The number of carboxylic acids is 1. The van der Waals surface area contributed by atoms with Crippen LogP contribution in [0.5, 0.6) is 0 Å². The fourth-order valence-corrected chi connectivity index (χ4v) is 6.63. The number of fused-ring (bicyclic) bond motifs is 1. The number of carbonyl (C=O) groups excluding carboxylic acids is 2. The van der Waals surface area contributed by atoms with Gasteiger partial charge in [-0.1, -0.05) is 32.0 Å². The quantitative estimate of drug-likeness (QED) is 0.434. The van der Waals surface area contributed by atoms with Crippen molar-refractivity contribution in [1.29, 1.82) is 0 Å². The molecule has 2 amide bonds. The monoisotopic (exact) mass is 577 g/mol. The molecular weight excluding hydrogens is 544 g/mol. The molecule has 1 saturated heterocycles. The lowest BCUT2D eigenvalue weighted by Crippen LogP contribution is -2.51. The molecule has 0 spiro atoms. The van der Waals surface area contributed by atoms with Crippen molar-refractivity contribution in [3.05, 3.63) is 92.9 Å². The highest BCUT2D eigenvalue weighted by molar-refractivity contribution is 5.98. The Morgan fingerprint density at radius 1 is 1.10 bits per heavy atom. The number of carboxylic acid groups (broad SMARTS) is 1. The van der Waals surface area contributed by atoms with Gasteiger partial charge in [0.25, 0.3) is 5.91 Å². The third kappa shape index (κ3) is 4.99. The number of hydrogen-bond donors (Lipinski definition) is 2. The van der Waals surface area contributed by atoms with E-state index in [2.05, 4.69) is 5.32 Å². The second-order valence-corrected chi connectivity index (χ2v) is 12.0. The number of nitrogens with zero attached hydrogens (tertiary/aromatic N) is 2. The Balaban J connectivity index is 1.51. The molecule has 1 saturated carbocycles. The summed E-state index contributed by atoms with van der Waals surface area (Å²) in [5.74, 6) is -4.98. The van der Waals surface area contributed by atoms with Gasteiger partial charge < -0.3 is 19.9 Å². The van der Waals surface area contributed by atoms with Gasteiger partial charge in [0, 0.05) is 31.4 Å². The number of likely N-dealkylation sites (tertiary alicyclic amines) is 1. The van der Waals surface area contributed by atoms with Crippen LogP contribution in [0.25, 0.3) is 11.1 Å².